The predicted molar refractivity (Wildman–Crippen MR) is 93.8 cm³/mol. The molecule has 2 heterocycles. The van der Waals surface area contributed by atoms with Gasteiger partial charge in [0.15, 0.2) is 0 Å². The van der Waals surface area contributed by atoms with Crippen LogP contribution in [0.25, 0.3) is 0 Å². The Morgan fingerprint density at radius 1 is 1.23 bits per heavy atom. The van der Waals surface area contributed by atoms with Gasteiger partial charge in [0.1, 0.15) is 5.75 Å². The fourth-order valence-corrected chi connectivity index (χ4v) is 3.36. The lowest BCUT2D eigenvalue weighted by atomic mass is 10.0. The number of piperazine rings is 1. The minimum absolute atomic E-state index is 0. The maximum atomic E-state index is 12.7. The van der Waals surface area contributed by atoms with E-state index in [-0.39, 0.29) is 36.0 Å². The topological polar surface area (TPSA) is 61.9 Å². The quantitative estimate of drug-likeness (QED) is 0.852. The molecule has 3 rings (SSSR count). The molecule has 6 nitrogen and oxygen atoms in total. The Kier molecular flexibility index (Phi) is 7.16. The van der Waals surface area contributed by atoms with E-state index >= 15 is 0 Å². The lowest BCUT2D eigenvalue weighted by molar-refractivity contribution is -0.135. The average Bonchev–Trinajstić information content (AvgIpc) is 2.62. The zero-order chi connectivity index (χ0) is 17.8. The molecule has 2 aliphatic heterocycles. The molecule has 1 aromatic carbocycles. The molecule has 2 aliphatic rings. The number of alkyl halides is 2. The van der Waals surface area contributed by atoms with Crippen LogP contribution in [0.1, 0.15) is 23.2 Å². The SMILES string of the molecule is Cl.O=C(c1ccc(OC(F)F)cc1)N1CCCC(N2CCNCC2=O)C1. The minimum Gasteiger partial charge on any atom is -0.435 e. The number of benzene rings is 1. The van der Waals surface area contributed by atoms with Crippen molar-refractivity contribution in [1.82, 2.24) is 15.1 Å². The lowest BCUT2D eigenvalue weighted by Crippen LogP contribution is -2.57. The number of carbonyl (C=O) groups excluding carboxylic acids is 2. The van der Waals surface area contributed by atoms with Crippen molar-refractivity contribution in [1.29, 1.82) is 0 Å². The first-order valence-corrected chi connectivity index (χ1v) is 8.39. The van der Waals surface area contributed by atoms with Gasteiger partial charge >= 0.3 is 6.61 Å². The van der Waals surface area contributed by atoms with Crippen LogP contribution in [0.15, 0.2) is 24.3 Å². The summed E-state index contributed by atoms with van der Waals surface area (Å²) in [5, 5.41) is 3.05. The Balaban J connectivity index is 0.00000243. The standard InChI is InChI=1S/C17H21F2N3O3.ClH/c18-17(19)25-14-5-3-12(4-6-14)16(24)21-8-1-2-13(11-21)22-9-7-20-10-15(22)23;/h3-6,13,17,20H,1-2,7-11H2;1H. The van der Waals surface area contributed by atoms with Crippen molar-refractivity contribution in [3.8, 4) is 5.75 Å². The molecule has 1 aromatic rings. The monoisotopic (exact) mass is 389 g/mol. The highest BCUT2D eigenvalue weighted by Crippen LogP contribution is 2.21. The van der Waals surface area contributed by atoms with Gasteiger partial charge in [0.05, 0.1) is 6.54 Å². The highest BCUT2D eigenvalue weighted by Gasteiger charge is 2.31. The molecule has 26 heavy (non-hydrogen) atoms. The number of piperidine rings is 1. The summed E-state index contributed by atoms with van der Waals surface area (Å²) in [4.78, 5) is 28.3. The number of amides is 2. The molecule has 0 spiro atoms. The van der Waals surface area contributed by atoms with E-state index in [4.69, 9.17) is 0 Å². The molecule has 0 radical (unpaired) electrons. The van der Waals surface area contributed by atoms with Crippen molar-refractivity contribution in [2.24, 2.45) is 0 Å². The minimum atomic E-state index is -2.89. The molecule has 9 heteroatoms. The summed E-state index contributed by atoms with van der Waals surface area (Å²) in [6, 6.07) is 5.73. The first-order chi connectivity index (χ1) is 12.0. The van der Waals surface area contributed by atoms with Crippen LogP contribution >= 0.6 is 12.4 Å². The van der Waals surface area contributed by atoms with Gasteiger partial charge in [0.2, 0.25) is 5.91 Å². The summed E-state index contributed by atoms with van der Waals surface area (Å²) in [7, 11) is 0. The Bertz CT molecular complexity index is 630. The highest BCUT2D eigenvalue weighted by molar-refractivity contribution is 5.94. The summed E-state index contributed by atoms with van der Waals surface area (Å²) < 4.78 is 28.7. The van der Waals surface area contributed by atoms with Crippen molar-refractivity contribution in [3.63, 3.8) is 0 Å². The van der Waals surface area contributed by atoms with E-state index in [0.29, 0.717) is 31.7 Å². The van der Waals surface area contributed by atoms with Gasteiger partial charge in [0.25, 0.3) is 5.91 Å². The molecular weight excluding hydrogens is 368 g/mol. The second kappa shape index (κ2) is 9.14. The number of hydrogen-bond donors (Lipinski definition) is 1. The van der Waals surface area contributed by atoms with Gasteiger partial charge in [-0.25, -0.2) is 0 Å². The van der Waals surface area contributed by atoms with Crippen LogP contribution < -0.4 is 10.1 Å². The first-order valence-electron chi connectivity index (χ1n) is 8.39. The van der Waals surface area contributed by atoms with Crippen molar-refractivity contribution in [2.45, 2.75) is 25.5 Å². The number of ether oxygens (including phenoxy) is 1. The van der Waals surface area contributed by atoms with Gasteiger partial charge in [-0.3, -0.25) is 9.59 Å². The number of rotatable bonds is 4. The molecule has 2 amide bonds. The predicted octanol–water partition coefficient (Wildman–Crippen LogP) is 1.75. The number of likely N-dealkylation sites (tertiary alicyclic amines) is 1. The highest BCUT2D eigenvalue weighted by atomic mass is 35.5. The van der Waals surface area contributed by atoms with Gasteiger partial charge in [-0.15, -0.1) is 12.4 Å². The van der Waals surface area contributed by atoms with Crippen molar-refractivity contribution < 1.29 is 23.1 Å². The zero-order valence-electron chi connectivity index (χ0n) is 14.2. The average molecular weight is 390 g/mol. The van der Waals surface area contributed by atoms with E-state index < -0.39 is 6.61 Å². The number of carbonyl (C=O) groups is 2. The van der Waals surface area contributed by atoms with Gasteiger partial charge < -0.3 is 19.9 Å². The fraction of sp³-hybridized carbons (Fsp3) is 0.529. The number of nitrogens with one attached hydrogen (secondary N) is 1. The zero-order valence-corrected chi connectivity index (χ0v) is 15.0. The van der Waals surface area contributed by atoms with Crippen LogP contribution in [0.3, 0.4) is 0 Å². The molecule has 0 aromatic heterocycles. The molecule has 0 aliphatic carbocycles. The van der Waals surface area contributed by atoms with E-state index in [9.17, 15) is 18.4 Å². The maximum absolute atomic E-state index is 12.7. The second-order valence-electron chi connectivity index (χ2n) is 6.21. The van der Waals surface area contributed by atoms with Crippen molar-refractivity contribution in [3.05, 3.63) is 29.8 Å². The lowest BCUT2D eigenvalue weighted by Gasteiger charge is -2.41. The third-order valence-corrected chi connectivity index (χ3v) is 4.58. The Hall–Kier alpha value is -1.93. The largest absolute Gasteiger partial charge is 0.435 e. The molecule has 144 valence electrons. The van der Waals surface area contributed by atoms with Crippen molar-refractivity contribution in [2.75, 3.05) is 32.7 Å². The van der Waals surface area contributed by atoms with Crippen LogP contribution in [0.4, 0.5) is 8.78 Å². The van der Waals surface area contributed by atoms with E-state index in [1.165, 1.54) is 24.3 Å². The van der Waals surface area contributed by atoms with Crippen LogP contribution in [-0.2, 0) is 4.79 Å². The summed E-state index contributed by atoms with van der Waals surface area (Å²) >= 11 is 0. The molecule has 0 saturated carbocycles. The Morgan fingerprint density at radius 3 is 2.62 bits per heavy atom. The molecule has 1 atom stereocenters. The van der Waals surface area contributed by atoms with E-state index in [1.807, 2.05) is 4.90 Å². The molecule has 0 bridgehead atoms. The van der Waals surface area contributed by atoms with E-state index in [0.717, 1.165) is 19.4 Å². The van der Waals surface area contributed by atoms with Crippen LogP contribution in [0, 0.1) is 0 Å². The van der Waals surface area contributed by atoms with Crippen LogP contribution in [-0.4, -0.2) is 67.0 Å². The Morgan fingerprint density at radius 2 is 1.96 bits per heavy atom. The molecule has 1 unspecified atom stereocenters. The molecular formula is C17H22ClF2N3O3. The van der Waals surface area contributed by atoms with Crippen molar-refractivity contribution >= 4 is 24.2 Å². The van der Waals surface area contributed by atoms with Crippen LogP contribution in [0.2, 0.25) is 0 Å². The summed E-state index contributed by atoms with van der Waals surface area (Å²) in [6.07, 6.45) is 1.72. The normalized spacial score (nSPS) is 20.7. The van der Waals surface area contributed by atoms with E-state index in [2.05, 4.69) is 10.1 Å². The molecule has 2 saturated heterocycles. The smallest absolute Gasteiger partial charge is 0.387 e. The molecule has 1 N–H and O–H groups in total. The first kappa shape index (κ1) is 20.4. The second-order valence-corrected chi connectivity index (χ2v) is 6.21. The fourth-order valence-electron chi connectivity index (χ4n) is 3.36. The summed E-state index contributed by atoms with van der Waals surface area (Å²) in [5.74, 6) is -0.0654. The number of halogens is 3. The van der Waals surface area contributed by atoms with Gasteiger partial charge in [0, 0.05) is 37.8 Å². The van der Waals surface area contributed by atoms with Gasteiger partial charge in [-0.2, -0.15) is 8.78 Å². The van der Waals surface area contributed by atoms with Crippen LogP contribution in [0.5, 0.6) is 5.75 Å². The van der Waals surface area contributed by atoms with E-state index in [1.54, 1.807) is 4.90 Å². The third kappa shape index (κ3) is 4.82. The Labute approximate surface area is 156 Å². The molecule has 2 fully saturated rings. The van der Waals surface area contributed by atoms with Gasteiger partial charge in [-0.05, 0) is 37.1 Å². The summed E-state index contributed by atoms with van der Waals surface area (Å²) in [6.45, 7) is 0.00862. The van der Waals surface area contributed by atoms with Gasteiger partial charge in [-0.1, -0.05) is 0 Å². The maximum Gasteiger partial charge on any atom is 0.387 e. The number of nitrogens with zero attached hydrogens (tertiary/aromatic N) is 2. The third-order valence-electron chi connectivity index (χ3n) is 4.58. The summed E-state index contributed by atoms with van der Waals surface area (Å²) in [5.41, 5.74) is 0.425. The number of hydrogen-bond acceptors (Lipinski definition) is 4.